The first-order valence-corrected chi connectivity index (χ1v) is 7.38. The smallest absolute Gasteiger partial charge is 0.267 e. The second-order valence-corrected chi connectivity index (χ2v) is 5.39. The van der Waals surface area contributed by atoms with E-state index < -0.39 is 6.10 Å². The van der Waals surface area contributed by atoms with Crippen LogP contribution >= 0.6 is 0 Å². The molecule has 22 heavy (non-hydrogen) atoms. The van der Waals surface area contributed by atoms with Crippen LogP contribution < -0.4 is 15.0 Å². The van der Waals surface area contributed by atoms with Crippen molar-refractivity contribution < 1.29 is 19.1 Å². The van der Waals surface area contributed by atoms with Crippen LogP contribution in [0.5, 0.6) is 5.75 Å². The van der Waals surface area contributed by atoms with E-state index in [4.69, 9.17) is 9.47 Å². The molecular formula is C16H22N2O4. The van der Waals surface area contributed by atoms with E-state index in [1.165, 1.54) is 0 Å². The number of rotatable bonds is 6. The Morgan fingerprint density at radius 1 is 1.45 bits per heavy atom. The SMILES string of the molecule is COC[C@@H](C)NC(=O)CCN1C(=O)[C@@H](C)Oc2ccccc21. The number of hydrogen-bond donors (Lipinski definition) is 1. The number of hydrogen-bond acceptors (Lipinski definition) is 4. The molecule has 0 unspecified atom stereocenters. The minimum absolute atomic E-state index is 0.0518. The summed E-state index contributed by atoms with van der Waals surface area (Å²) in [6.45, 7) is 4.38. The average Bonchev–Trinajstić information content (AvgIpc) is 2.48. The Morgan fingerprint density at radius 3 is 2.91 bits per heavy atom. The van der Waals surface area contributed by atoms with E-state index in [0.29, 0.717) is 24.6 Å². The Labute approximate surface area is 130 Å². The third-order valence-electron chi connectivity index (χ3n) is 3.46. The Kier molecular flexibility index (Phi) is 5.38. The van der Waals surface area contributed by atoms with E-state index in [9.17, 15) is 9.59 Å². The molecule has 1 heterocycles. The van der Waals surface area contributed by atoms with Crippen LogP contribution in [0.25, 0.3) is 0 Å². The Hall–Kier alpha value is -2.08. The predicted octanol–water partition coefficient (Wildman–Crippen LogP) is 1.34. The lowest BCUT2D eigenvalue weighted by molar-refractivity contribution is -0.125. The summed E-state index contributed by atoms with van der Waals surface area (Å²) in [6, 6.07) is 7.30. The van der Waals surface area contributed by atoms with E-state index in [2.05, 4.69) is 5.32 Å². The molecule has 1 aromatic rings. The fourth-order valence-electron chi connectivity index (χ4n) is 2.44. The van der Waals surface area contributed by atoms with Crippen molar-refractivity contribution in [2.24, 2.45) is 0 Å². The van der Waals surface area contributed by atoms with Crippen LogP contribution in [0.15, 0.2) is 24.3 Å². The van der Waals surface area contributed by atoms with Crippen molar-refractivity contribution >= 4 is 17.5 Å². The van der Waals surface area contributed by atoms with Crippen molar-refractivity contribution in [2.45, 2.75) is 32.4 Å². The molecule has 1 N–H and O–H groups in total. The first-order chi connectivity index (χ1) is 10.5. The topological polar surface area (TPSA) is 67.9 Å². The number of nitrogens with zero attached hydrogens (tertiary/aromatic N) is 1. The second-order valence-electron chi connectivity index (χ2n) is 5.39. The third-order valence-corrected chi connectivity index (χ3v) is 3.46. The molecule has 0 radical (unpaired) electrons. The maximum absolute atomic E-state index is 12.3. The van der Waals surface area contributed by atoms with Gasteiger partial charge in [0.2, 0.25) is 5.91 Å². The highest BCUT2D eigenvalue weighted by Gasteiger charge is 2.31. The summed E-state index contributed by atoms with van der Waals surface area (Å²) in [5, 5.41) is 2.84. The van der Waals surface area contributed by atoms with Crippen LogP contribution in [0.4, 0.5) is 5.69 Å². The Morgan fingerprint density at radius 2 is 2.18 bits per heavy atom. The number of fused-ring (bicyclic) bond motifs is 1. The average molecular weight is 306 g/mol. The molecule has 1 aliphatic rings. The normalized spacial score (nSPS) is 18.4. The zero-order chi connectivity index (χ0) is 16.1. The molecule has 0 saturated heterocycles. The van der Waals surface area contributed by atoms with Crippen molar-refractivity contribution in [3.05, 3.63) is 24.3 Å². The number of carbonyl (C=O) groups excluding carboxylic acids is 2. The Balaban J connectivity index is 1.99. The zero-order valence-corrected chi connectivity index (χ0v) is 13.2. The van der Waals surface area contributed by atoms with Crippen LogP contribution in [-0.4, -0.2) is 44.2 Å². The van der Waals surface area contributed by atoms with Crippen LogP contribution in [0.3, 0.4) is 0 Å². The highest BCUT2D eigenvalue weighted by molar-refractivity contribution is 6.00. The van der Waals surface area contributed by atoms with Gasteiger partial charge in [0, 0.05) is 26.1 Å². The van der Waals surface area contributed by atoms with Gasteiger partial charge in [0.25, 0.3) is 5.91 Å². The van der Waals surface area contributed by atoms with Crippen molar-refractivity contribution in [2.75, 3.05) is 25.2 Å². The number of benzene rings is 1. The molecule has 6 nitrogen and oxygen atoms in total. The summed E-state index contributed by atoms with van der Waals surface area (Å²) in [5.74, 6) is 0.438. The van der Waals surface area contributed by atoms with E-state index in [0.717, 1.165) is 0 Å². The molecule has 1 aliphatic heterocycles. The van der Waals surface area contributed by atoms with Crippen LogP contribution in [0.1, 0.15) is 20.3 Å². The molecule has 0 spiro atoms. The largest absolute Gasteiger partial charge is 0.479 e. The zero-order valence-electron chi connectivity index (χ0n) is 13.2. The molecule has 2 amide bonds. The standard InChI is InChI=1S/C16H22N2O4/c1-11(10-21-3)17-15(19)8-9-18-13-6-4-5-7-14(13)22-12(2)16(18)20/h4-7,11-12H,8-10H2,1-3H3,(H,17,19)/t11-,12-/m1/s1. The van der Waals surface area contributed by atoms with Crippen molar-refractivity contribution in [1.82, 2.24) is 5.32 Å². The van der Waals surface area contributed by atoms with Crippen LogP contribution in [-0.2, 0) is 14.3 Å². The van der Waals surface area contributed by atoms with E-state index in [1.807, 2.05) is 31.2 Å². The molecule has 0 saturated carbocycles. The van der Waals surface area contributed by atoms with E-state index in [1.54, 1.807) is 18.9 Å². The van der Waals surface area contributed by atoms with Gasteiger partial charge in [-0.1, -0.05) is 12.1 Å². The highest BCUT2D eigenvalue weighted by atomic mass is 16.5. The minimum atomic E-state index is -0.537. The number of ether oxygens (including phenoxy) is 2. The van der Waals surface area contributed by atoms with Gasteiger partial charge < -0.3 is 19.7 Å². The molecular weight excluding hydrogens is 284 g/mol. The number of amides is 2. The van der Waals surface area contributed by atoms with Gasteiger partial charge in [-0.2, -0.15) is 0 Å². The maximum Gasteiger partial charge on any atom is 0.267 e. The Bertz CT molecular complexity index is 547. The molecule has 2 rings (SSSR count). The van der Waals surface area contributed by atoms with E-state index in [-0.39, 0.29) is 24.3 Å². The molecule has 0 fully saturated rings. The molecule has 0 aromatic heterocycles. The molecule has 1 aromatic carbocycles. The van der Waals surface area contributed by atoms with Crippen molar-refractivity contribution in [1.29, 1.82) is 0 Å². The van der Waals surface area contributed by atoms with Gasteiger partial charge in [0.05, 0.1) is 12.3 Å². The maximum atomic E-state index is 12.3. The van der Waals surface area contributed by atoms with Gasteiger partial charge in [0.15, 0.2) is 6.10 Å². The number of para-hydroxylation sites is 2. The summed E-state index contributed by atoms with van der Waals surface area (Å²) in [6.07, 6.45) is -0.300. The van der Waals surface area contributed by atoms with Gasteiger partial charge in [-0.3, -0.25) is 9.59 Å². The summed E-state index contributed by atoms with van der Waals surface area (Å²) in [5.41, 5.74) is 0.711. The third kappa shape index (κ3) is 3.76. The summed E-state index contributed by atoms with van der Waals surface area (Å²) < 4.78 is 10.6. The van der Waals surface area contributed by atoms with Gasteiger partial charge in [-0.05, 0) is 26.0 Å². The van der Waals surface area contributed by atoms with Crippen molar-refractivity contribution in [3.63, 3.8) is 0 Å². The number of anilines is 1. The summed E-state index contributed by atoms with van der Waals surface area (Å²) >= 11 is 0. The molecule has 2 atom stereocenters. The van der Waals surface area contributed by atoms with Gasteiger partial charge in [-0.25, -0.2) is 0 Å². The van der Waals surface area contributed by atoms with Crippen molar-refractivity contribution in [3.8, 4) is 5.75 Å². The van der Waals surface area contributed by atoms with Gasteiger partial charge >= 0.3 is 0 Å². The lowest BCUT2D eigenvalue weighted by atomic mass is 10.1. The summed E-state index contributed by atoms with van der Waals surface area (Å²) in [4.78, 5) is 25.8. The molecule has 0 aliphatic carbocycles. The minimum Gasteiger partial charge on any atom is -0.479 e. The highest BCUT2D eigenvalue weighted by Crippen LogP contribution is 2.33. The summed E-state index contributed by atoms with van der Waals surface area (Å²) in [7, 11) is 1.59. The number of nitrogens with one attached hydrogen (secondary N) is 1. The monoisotopic (exact) mass is 306 g/mol. The molecule has 6 heteroatoms. The lowest BCUT2D eigenvalue weighted by Gasteiger charge is -2.32. The first kappa shape index (κ1) is 16.3. The quantitative estimate of drug-likeness (QED) is 0.861. The fraction of sp³-hybridized carbons (Fsp3) is 0.500. The fourth-order valence-corrected chi connectivity index (χ4v) is 2.44. The number of methoxy groups -OCH3 is 1. The lowest BCUT2D eigenvalue weighted by Crippen LogP contribution is -2.46. The predicted molar refractivity (Wildman–Crippen MR) is 83.0 cm³/mol. The molecule has 120 valence electrons. The second kappa shape index (κ2) is 7.26. The first-order valence-electron chi connectivity index (χ1n) is 7.38. The van der Waals surface area contributed by atoms with Crippen LogP contribution in [0, 0.1) is 0 Å². The molecule has 0 bridgehead atoms. The number of carbonyl (C=O) groups is 2. The van der Waals surface area contributed by atoms with Gasteiger partial charge in [-0.15, -0.1) is 0 Å². The van der Waals surface area contributed by atoms with Crippen LogP contribution in [0.2, 0.25) is 0 Å². The van der Waals surface area contributed by atoms with Gasteiger partial charge in [0.1, 0.15) is 5.75 Å². The van der Waals surface area contributed by atoms with E-state index >= 15 is 0 Å².